The molecule has 0 aromatic heterocycles. The topological polar surface area (TPSA) is 54.0 Å². The van der Waals surface area contributed by atoms with E-state index in [2.05, 4.69) is 46.4 Å². The Labute approximate surface area is 204 Å². The number of likely N-dealkylation sites (tertiary alicyclic amines) is 1. The Morgan fingerprint density at radius 2 is 1.88 bits per heavy atom. The van der Waals surface area contributed by atoms with Crippen LogP contribution in [0.25, 0.3) is 0 Å². The number of likely N-dealkylation sites (N-methyl/N-ethyl adjacent to an activating group) is 1. The highest BCUT2D eigenvalue weighted by atomic mass is 16.5. The maximum Gasteiger partial charge on any atom is 0.224 e. The molecule has 2 aliphatic heterocycles. The highest BCUT2D eigenvalue weighted by Crippen LogP contribution is 2.20. The molecule has 6 nitrogen and oxygen atoms in total. The summed E-state index contributed by atoms with van der Waals surface area (Å²) < 4.78 is 11.5. The number of nitrogens with zero attached hydrogens (tertiary/aromatic N) is 2. The highest BCUT2D eigenvalue weighted by Gasteiger charge is 2.25. The summed E-state index contributed by atoms with van der Waals surface area (Å²) in [5.74, 6) is 1.07. The number of piperidine rings is 1. The minimum absolute atomic E-state index is 0.0534. The molecule has 184 valence electrons. The zero-order valence-corrected chi connectivity index (χ0v) is 20.5. The highest BCUT2D eigenvalue weighted by molar-refractivity contribution is 5.79. The molecule has 1 N–H and O–H groups in total. The van der Waals surface area contributed by atoms with Crippen molar-refractivity contribution in [2.75, 3.05) is 46.5 Å². The molecule has 0 bridgehead atoms. The molecule has 2 aliphatic rings. The first kappa shape index (κ1) is 24.7. The van der Waals surface area contributed by atoms with E-state index < -0.39 is 0 Å². The number of hydrogen-bond acceptors (Lipinski definition) is 5. The number of carbonyl (C=O) groups excluding carboxylic acids is 1. The summed E-state index contributed by atoms with van der Waals surface area (Å²) in [7, 11) is 2.16. The summed E-state index contributed by atoms with van der Waals surface area (Å²) in [5, 5.41) is 3.16. The van der Waals surface area contributed by atoms with Gasteiger partial charge in [0, 0.05) is 45.4 Å². The first-order chi connectivity index (χ1) is 16.7. The molecule has 6 heteroatoms. The third-order valence-electron chi connectivity index (χ3n) is 7.02. The standard InChI is InChI=1S/C28H39N3O3/c1-30(26-12-16-33-17-13-26)15-18-34-27-11-5-9-24(19-27)20-29-28(32)25-10-6-14-31(22-25)21-23-7-3-2-4-8-23/h2-5,7-9,11,19,25-26H,6,10,12-18,20-22H2,1H3,(H,29,32). The van der Waals surface area contributed by atoms with Crippen molar-refractivity contribution in [1.29, 1.82) is 0 Å². The predicted octanol–water partition coefficient (Wildman–Crippen LogP) is 3.70. The van der Waals surface area contributed by atoms with E-state index in [0.717, 1.165) is 76.4 Å². The van der Waals surface area contributed by atoms with Crippen molar-refractivity contribution in [2.24, 2.45) is 5.92 Å². The molecule has 2 aromatic carbocycles. The predicted molar refractivity (Wildman–Crippen MR) is 135 cm³/mol. The Morgan fingerprint density at radius 1 is 1.09 bits per heavy atom. The largest absolute Gasteiger partial charge is 0.492 e. The van der Waals surface area contributed by atoms with Gasteiger partial charge in [0.05, 0.1) is 5.92 Å². The fourth-order valence-corrected chi connectivity index (χ4v) is 4.95. The van der Waals surface area contributed by atoms with Gasteiger partial charge in [0.2, 0.25) is 5.91 Å². The molecule has 1 atom stereocenters. The summed E-state index contributed by atoms with van der Waals surface area (Å²) in [6.45, 7) is 6.59. The van der Waals surface area contributed by atoms with Crippen molar-refractivity contribution in [3.8, 4) is 5.75 Å². The summed E-state index contributed by atoms with van der Waals surface area (Å²) in [5.41, 5.74) is 2.37. The van der Waals surface area contributed by atoms with Crippen LogP contribution in [-0.2, 0) is 22.6 Å². The van der Waals surface area contributed by atoms with Crippen LogP contribution in [-0.4, -0.2) is 68.3 Å². The molecule has 0 radical (unpaired) electrons. The van der Waals surface area contributed by atoms with Gasteiger partial charge in [-0.3, -0.25) is 14.6 Å². The molecule has 2 saturated heterocycles. The van der Waals surface area contributed by atoms with Crippen LogP contribution in [0, 0.1) is 5.92 Å². The van der Waals surface area contributed by atoms with Crippen LogP contribution < -0.4 is 10.1 Å². The number of carbonyl (C=O) groups is 1. The van der Waals surface area contributed by atoms with Crippen LogP contribution >= 0.6 is 0 Å². The maximum atomic E-state index is 12.9. The fourth-order valence-electron chi connectivity index (χ4n) is 4.95. The lowest BCUT2D eigenvalue weighted by Gasteiger charge is -2.32. The van der Waals surface area contributed by atoms with Gasteiger partial charge >= 0.3 is 0 Å². The number of hydrogen-bond donors (Lipinski definition) is 1. The van der Waals surface area contributed by atoms with E-state index >= 15 is 0 Å². The summed E-state index contributed by atoms with van der Waals surface area (Å²) in [4.78, 5) is 17.6. The number of ether oxygens (including phenoxy) is 2. The maximum absolute atomic E-state index is 12.9. The minimum atomic E-state index is 0.0534. The molecule has 2 aromatic rings. The Bertz CT molecular complexity index is 885. The Hall–Kier alpha value is -2.41. The SMILES string of the molecule is CN(CCOc1cccc(CNC(=O)C2CCCN(Cc3ccccc3)C2)c1)C1CCOCC1. The third-order valence-corrected chi connectivity index (χ3v) is 7.02. The molecular formula is C28H39N3O3. The molecule has 34 heavy (non-hydrogen) atoms. The van der Waals surface area contributed by atoms with Crippen LogP contribution in [0.5, 0.6) is 5.75 Å². The lowest BCUT2D eigenvalue weighted by molar-refractivity contribution is -0.126. The van der Waals surface area contributed by atoms with Gasteiger partial charge in [-0.25, -0.2) is 0 Å². The van der Waals surface area contributed by atoms with E-state index in [-0.39, 0.29) is 11.8 Å². The van der Waals surface area contributed by atoms with Crippen LogP contribution in [0.2, 0.25) is 0 Å². The molecule has 4 rings (SSSR count). The number of nitrogens with one attached hydrogen (secondary N) is 1. The lowest BCUT2D eigenvalue weighted by atomic mass is 9.96. The molecule has 1 unspecified atom stereocenters. The smallest absolute Gasteiger partial charge is 0.224 e. The lowest BCUT2D eigenvalue weighted by Crippen LogP contribution is -2.42. The van der Waals surface area contributed by atoms with Crippen molar-refractivity contribution < 1.29 is 14.3 Å². The van der Waals surface area contributed by atoms with E-state index in [1.54, 1.807) is 0 Å². The average molecular weight is 466 g/mol. The van der Waals surface area contributed by atoms with E-state index in [4.69, 9.17) is 9.47 Å². The average Bonchev–Trinajstić information content (AvgIpc) is 2.89. The number of rotatable bonds is 10. The number of amides is 1. The van der Waals surface area contributed by atoms with Gasteiger partial charge in [-0.1, -0.05) is 42.5 Å². The van der Waals surface area contributed by atoms with E-state index in [0.29, 0.717) is 19.2 Å². The van der Waals surface area contributed by atoms with E-state index in [9.17, 15) is 4.79 Å². The monoisotopic (exact) mass is 465 g/mol. The molecule has 0 aliphatic carbocycles. The second-order valence-corrected chi connectivity index (χ2v) is 9.60. The second kappa shape index (κ2) is 12.9. The molecule has 0 spiro atoms. The van der Waals surface area contributed by atoms with Gasteiger partial charge in [0.25, 0.3) is 0 Å². The Kier molecular flexibility index (Phi) is 9.36. The zero-order chi connectivity index (χ0) is 23.6. The van der Waals surface area contributed by atoms with Crippen molar-refractivity contribution in [1.82, 2.24) is 15.1 Å². The summed E-state index contributed by atoms with van der Waals surface area (Å²) in [6, 6.07) is 19.2. The van der Waals surface area contributed by atoms with Gasteiger partial charge in [-0.15, -0.1) is 0 Å². The minimum Gasteiger partial charge on any atom is -0.492 e. The summed E-state index contributed by atoms with van der Waals surface area (Å²) >= 11 is 0. The quantitative estimate of drug-likeness (QED) is 0.580. The molecule has 2 fully saturated rings. The number of benzene rings is 2. The zero-order valence-electron chi connectivity index (χ0n) is 20.5. The van der Waals surface area contributed by atoms with Crippen molar-refractivity contribution in [3.05, 3.63) is 65.7 Å². The Balaban J connectivity index is 1.19. The molecular weight excluding hydrogens is 426 g/mol. The summed E-state index contributed by atoms with van der Waals surface area (Å²) in [6.07, 6.45) is 4.21. The van der Waals surface area contributed by atoms with Gasteiger partial charge in [0.1, 0.15) is 12.4 Å². The fraction of sp³-hybridized carbons (Fsp3) is 0.536. The molecule has 0 saturated carbocycles. The third kappa shape index (κ3) is 7.55. The van der Waals surface area contributed by atoms with Gasteiger partial charge in [-0.2, -0.15) is 0 Å². The van der Waals surface area contributed by atoms with Crippen LogP contribution in [0.1, 0.15) is 36.8 Å². The first-order valence-electron chi connectivity index (χ1n) is 12.7. The molecule has 1 amide bonds. The van der Waals surface area contributed by atoms with Crippen LogP contribution in [0.15, 0.2) is 54.6 Å². The first-order valence-corrected chi connectivity index (χ1v) is 12.7. The van der Waals surface area contributed by atoms with Crippen LogP contribution in [0.3, 0.4) is 0 Å². The molecule has 2 heterocycles. The van der Waals surface area contributed by atoms with Crippen molar-refractivity contribution >= 4 is 5.91 Å². The normalized spacial score (nSPS) is 19.8. The van der Waals surface area contributed by atoms with Gasteiger partial charge < -0.3 is 14.8 Å². The second-order valence-electron chi connectivity index (χ2n) is 9.60. The van der Waals surface area contributed by atoms with Gasteiger partial charge in [-0.05, 0) is 62.5 Å². The van der Waals surface area contributed by atoms with E-state index in [1.165, 1.54) is 5.56 Å². The van der Waals surface area contributed by atoms with Crippen molar-refractivity contribution in [2.45, 2.75) is 44.8 Å². The van der Waals surface area contributed by atoms with E-state index in [1.807, 2.05) is 30.3 Å². The Morgan fingerprint density at radius 3 is 2.71 bits per heavy atom. The van der Waals surface area contributed by atoms with Gasteiger partial charge in [0.15, 0.2) is 0 Å². The van der Waals surface area contributed by atoms with Crippen molar-refractivity contribution in [3.63, 3.8) is 0 Å². The van der Waals surface area contributed by atoms with Crippen LogP contribution in [0.4, 0.5) is 0 Å².